The van der Waals surface area contributed by atoms with E-state index < -0.39 is 47.4 Å². The minimum absolute atomic E-state index is 0.0338. The lowest BCUT2D eigenvalue weighted by Crippen LogP contribution is -2.53. The smallest absolute Gasteiger partial charge is 0.303 e. The fraction of sp³-hybridized carbons (Fsp3) is 0.765. The zero-order valence-electron chi connectivity index (χ0n) is 16.1. The molecule has 5 atom stereocenters. The topological polar surface area (TPSA) is 105 Å². The molecule has 0 aromatic carbocycles. The first-order chi connectivity index (χ1) is 12.6. The summed E-state index contributed by atoms with van der Waals surface area (Å²) in [5.41, 5.74) is 0. The second kappa shape index (κ2) is 11.4. The molecule has 10 heteroatoms. The summed E-state index contributed by atoms with van der Waals surface area (Å²) in [6.45, 7) is 6.86. The van der Waals surface area contributed by atoms with Gasteiger partial charge in [-0.1, -0.05) is 6.92 Å². The molecule has 1 saturated heterocycles. The van der Waals surface area contributed by atoms with Gasteiger partial charge in [0.25, 0.3) is 0 Å². The summed E-state index contributed by atoms with van der Waals surface area (Å²) in [6.07, 6.45) is -1.88. The van der Waals surface area contributed by atoms with Crippen LogP contribution in [0.2, 0.25) is 0 Å². The minimum Gasteiger partial charge on any atom is -0.462 e. The summed E-state index contributed by atoms with van der Waals surface area (Å²) >= 11 is 3.12. The maximum Gasteiger partial charge on any atom is 0.303 e. The molecule has 154 valence electrons. The van der Waals surface area contributed by atoms with Crippen molar-refractivity contribution in [3.05, 3.63) is 0 Å². The Morgan fingerprint density at radius 2 is 1.63 bits per heavy atom. The van der Waals surface area contributed by atoms with E-state index in [1.54, 1.807) is 11.8 Å². The molecule has 0 unspecified atom stereocenters. The van der Waals surface area contributed by atoms with Crippen LogP contribution in [0.25, 0.3) is 0 Å². The van der Waals surface area contributed by atoms with Crippen LogP contribution in [0, 0.1) is 0 Å². The maximum atomic E-state index is 11.6. The third kappa shape index (κ3) is 8.42. The Bertz CT molecular complexity index is 553. The molecule has 1 aliphatic heterocycles. The number of hydrogen-bond acceptors (Lipinski definition) is 10. The third-order valence-electron chi connectivity index (χ3n) is 3.53. The van der Waals surface area contributed by atoms with Crippen molar-refractivity contribution in [1.29, 1.82) is 0 Å². The summed E-state index contributed by atoms with van der Waals surface area (Å²) in [7, 11) is 0. The number of ether oxygens (including phenoxy) is 4. The molecule has 0 aliphatic carbocycles. The van der Waals surface area contributed by atoms with E-state index in [1.165, 1.54) is 39.5 Å². The molecule has 0 N–H and O–H groups in total. The molecule has 1 heterocycles. The highest BCUT2D eigenvalue weighted by atomic mass is 32.2. The van der Waals surface area contributed by atoms with Gasteiger partial charge in [-0.3, -0.25) is 19.2 Å². The first-order valence-electron chi connectivity index (χ1n) is 8.56. The quantitative estimate of drug-likeness (QED) is 0.425. The van der Waals surface area contributed by atoms with Gasteiger partial charge < -0.3 is 18.9 Å². The molecule has 27 heavy (non-hydrogen) atoms. The van der Waals surface area contributed by atoms with E-state index >= 15 is 0 Å². The Kier molecular flexibility index (Phi) is 10.00. The van der Waals surface area contributed by atoms with Gasteiger partial charge in [-0.2, -0.15) is 0 Å². The van der Waals surface area contributed by atoms with Crippen LogP contribution < -0.4 is 0 Å². The number of rotatable bonds is 8. The number of hydrogen-bond donors (Lipinski definition) is 0. The zero-order chi connectivity index (χ0) is 20.6. The monoisotopic (exact) mass is 422 g/mol. The van der Waals surface area contributed by atoms with Gasteiger partial charge in [0.05, 0.1) is 9.83 Å². The first kappa shape index (κ1) is 23.6. The van der Waals surface area contributed by atoms with Crippen LogP contribution in [0.4, 0.5) is 0 Å². The summed E-state index contributed by atoms with van der Waals surface area (Å²) in [5, 5.41) is -0.556. The number of carbonyl (C=O) groups is 4. The van der Waals surface area contributed by atoms with Crippen LogP contribution >= 0.6 is 23.5 Å². The third-order valence-corrected chi connectivity index (χ3v) is 6.55. The molecular weight excluding hydrogens is 396 g/mol. The normalized spacial score (nSPS) is 25.8. The van der Waals surface area contributed by atoms with Crippen molar-refractivity contribution in [3.8, 4) is 0 Å². The maximum absolute atomic E-state index is 11.6. The minimum atomic E-state index is -0.848. The lowest BCUT2D eigenvalue weighted by atomic mass is 10.0. The van der Waals surface area contributed by atoms with E-state index in [9.17, 15) is 19.2 Å². The summed E-state index contributed by atoms with van der Waals surface area (Å²) in [5.74, 6) is -1.28. The Labute approximate surface area is 167 Å². The summed E-state index contributed by atoms with van der Waals surface area (Å²) in [4.78, 5) is 46.0. The Balaban J connectivity index is 3.18. The van der Waals surface area contributed by atoms with E-state index in [2.05, 4.69) is 0 Å². The zero-order valence-corrected chi connectivity index (χ0v) is 17.7. The van der Waals surface area contributed by atoms with Crippen LogP contribution in [0.3, 0.4) is 0 Å². The average Bonchev–Trinajstić information content (AvgIpc) is 2.52. The molecule has 0 radical (unpaired) electrons. The van der Waals surface area contributed by atoms with Gasteiger partial charge in [-0.05, 0) is 5.75 Å². The second-order valence-electron chi connectivity index (χ2n) is 5.89. The van der Waals surface area contributed by atoms with Crippen molar-refractivity contribution < 1.29 is 38.1 Å². The predicted molar refractivity (Wildman–Crippen MR) is 101 cm³/mol. The van der Waals surface area contributed by atoms with Gasteiger partial charge in [-0.15, -0.1) is 23.5 Å². The fourth-order valence-electron chi connectivity index (χ4n) is 2.71. The average molecular weight is 423 g/mol. The molecule has 0 aromatic rings. The van der Waals surface area contributed by atoms with Gasteiger partial charge >= 0.3 is 23.9 Å². The van der Waals surface area contributed by atoms with E-state index in [-0.39, 0.29) is 11.2 Å². The van der Waals surface area contributed by atoms with Gasteiger partial charge in [0.15, 0.2) is 12.2 Å². The molecule has 1 fully saturated rings. The van der Waals surface area contributed by atoms with Gasteiger partial charge in [0.1, 0.15) is 12.7 Å². The predicted octanol–water partition coefficient (Wildman–Crippen LogP) is 1.93. The van der Waals surface area contributed by atoms with E-state index in [1.807, 2.05) is 6.92 Å². The summed E-state index contributed by atoms with van der Waals surface area (Å²) < 4.78 is 21.3. The van der Waals surface area contributed by atoms with Crippen LogP contribution in [0.15, 0.2) is 0 Å². The SMILES string of the molecule is CCS[C@@H]1C[C@H](OC(C)=O)[C@@H](OC(C)=O)[C@@H]([C@@H](COC(C)=O)OC(C)=O)S1. The van der Waals surface area contributed by atoms with Crippen molar-refractivity contribution in [1.82, 2.24) is 0 Å². The molecular formula is C17H26O8S2. The standard InChI is InChI=1S/C17H26O8S2/c1-6-26-15-7-13(23-10(3)19)16(25-12(5)21)17(27-15)14(24-11(4)20)8-22-9(2)18/h13-17H,6-8H2,1-5H3/t13-,14+,15-,16+,17+/m0/s1. The number of thioether (sulfide) groups is 2. The van der Waals surface area contributed by atoms with Crippen LogP contribution in [-0.4, -0.2) is 64.4 Å². The Hall–Kier alpha value is -1.42. The molecule has 0 bridgehead atoms. The summed E-state index contributed by atoms with van der Waals surface area (Å²) in [6, 6.07) is 0. The largest absolute Gasteiger partial charge is 0.462 e. The fourth-order valence-corrected chi connectivity index (χ4v) is 5.86. The lowest BCUT2D eigenvalue weighted by molar-refractivity contribution is -0.172. The molecule has 0 amide bonds. The molecule has 8 nitrogen and oxygen atoms in total. The molecule has 0 spiro atoms. The number of carbonyl (C=O) groups excluding carboxylic acids is 4. The molecule has 0 aromatic heterocycles. The molecule has 1 aliphatic rings. The molecule has 1 rings (SSSR count). The van der Waals surface area contributed by atoms with E-state index in [0.29, 0.717) is 6.42 Å². The van der Waals surface area contributed by atoms with Crippen LogP contribution in [-0.2, 0) is 38.1 Å². The highest BCUT2D eigenvalue weighted by molar-refractivity contribution is 8.17. The van der Waals surface area contributed by atoms with Crippen molar-refractivity contribution >= 4 is 47.4 Å². The van der Waals surface area contributed by atoms with Crippen molar-refractivity contribution in [2.75, 3.05) is 12.4 Å². The van der Waals surface area contributed by atoms with Gasteiger partial charge in [-0.25, -0.2) is 0 Å². The van der Waals surface area contributed by atoms with Crippen LogP contribution in [0.1, 0.15) is 41.0 Å². The van der Waals surface area contributed by atoms with E-state index in [4.69, 9.17) is 18.9 Å². The second-order valence-corrected chi connectivity index (χ2v) is 9.06. The first-order valence-corrected chi connectivity index (χ1v) is 10.5. The Morgan fingerprint density at radius 1 is 1.00 bits per heavy atom. The highest BCUT2D eigenvalue weighted by Gasteiger charge is 2.47. The van der Waals surface area contributed by atoms with Crippen LogP contribution in [0.5, 0.6) is 0 Å². The van der Waals surface area contributed by atoms with Crippen molar-refractivity contribution in [2.45, 2.75) is 69.2 Å². The Morgan fingerprint density at radius 3 is 2.11 bits per heavy atom. The van der Waals surface area contributed by atoms with Crippen molar-refractivity contribution in [2.24, 2.45) is 0 Å². The van der Waals surface area contributed by atoms with E-state index in [0.717, 1.165) is 5.75 Å². The van der Waals surface area contributed by atoms with Gasteiger partial charge in [0, 0.05) is 34.1 Å². The lowest BCUT2D eigenvalue weighted by Gasteiger charge is -2.42. The molecule has 0 saturated carbocycles. The highest BCUT2D eigenvalue weighted by Crippen LogP contribution is 2.43. The van der Waals surface area contributed by atoms with Crippen molar-refractivity contribution in [3.63, 3.8) is 0 Å². The van der Waals surface area contributed by atoms with Gasteiger partial charge in [0.2, 0.25) is 0 Å². The number of esters is 4.